The summed E-state index contributed by atoms with van der Waals surface area (Å²) in [5, 5.41) is 18.0. The molecule has 3 heterocycles. The van der Waals surface area contributed by atoms with E-state index >= 15 is 0 Å². The summed E-state index contributed by atoms with van der Waals surface area (Å²) in [5.41, 5.74) is 1.11. The van der Waals surface area contributed by atoms with Crippen molar-refractivity contribution in [1.29, 1.82) is 0 Å². The molecule has 13 heteroatoms. The van der Waals surface area contributed by atoms with E-state index in [0.29, 0.717) is 37.2 Å². The average Bonchev–Trinajstić information content (AvgIpc) is 3.56. The van der Waals surface area contributed by atoms with Gasteiger partial charge < -0.3 is 21.3 Å². The smallest absolute Gasteiger partial charge is 0.273 e. The second-order valence-corrected chi connectivity index (χ2v) is 11.6. The molecule has 0 spiro atoms. The lowest BCUT2D eigenvalue weighted by Crippen LogP contribution is -2.49. The van der Waals surface area contributed by atoms with E-state index in [9.17, 15) is 19.2 Å². The van der Waals surface area contributed by atoms with E-state index in [1.54, 1.807) is 12.4 Å². The SMILES string of the molecule is CC(C)[C@H]1NC(=O)[C@@H](NC(=O)c2nn(C)cc2Cl)CCCCNC(=O)[C@@H](Cc2ccccc2)NC(=O)c2csc1n2. The fourth-order valence-electron chi connectivity index (χ4n) is 4.51. The van der Waals surface area contributed by atoms with Crippen LogP contribution in [-0.2, 0) is 23.1 Å². The van der Waals surface area contributed by atoms with Crippen LogP contribution >= 0.6 is 22.9 Å². The first-order valence-electron chi connectivity index (χ1n) is 13.5. The van der Waals surface area contributed by atoms with Gasteiger partial charge in [-0.1, -0.05) is 55.8 Å². The minimum absolute atomic E-state index is 0.0295. The van der Waals surface area contributed by atoms with Crippen LogP contribution in [0.15, 0.2) is 41.9 Å². The number of aryl methyl sites for hydroxylation is 1. The van der Waals surface area contributed by atoms with Crippen molar-refractivity contribution in [1.82, 2.24) is 36.0 Å². The molecule has 0 radical (unpaired) electrons. The Labute approximate surface area is 247 Å². The zero-order valence-electron chi connectivity index (χ0n) is 23.1. The fraction of sp³-hybridized carbons (Fsp3) is 0.429. The van der Waals surface area contributed by atoms with Crippen LogP contribution in [0.4, 0.5) is 0 Å². The third kappa shape index (κ3) is 7.92. The summed E-state index contributed by atoms with van der Waals surface area (Å²) >= 11 is 7.41. The molecule has 1 aliphatic heterocycles. The summed E-state index contributed by atoms with van der Waals surface area (Å²) in [6, 6.07) is 7.30. The van der Waals surface area contributed by atoms with Gasteiger partial charge in [-0.15, -0.1) is 11.3 Å². The Balaban J connectivity index is 1.58. The highest BCUT2D eigenvalue weighted by molar-refractivity contribution is 7.09. The van der Waals surface area contributed by atoms with Gasteiger partial charge in [0.1, 0.15) is 22.8 Å². The number of benzene rings is 1. The standard InChI is InChI=1S/C28H34ClN7O4S/c1-16(2)22-28-33-21(15-41-28)26(39)32-20(13-17-9-5-4-6-10-17)24(37)30-12-8-7-11-19(25(38)34-22)31-27(40)23-18(29)14-36(3)35-23/h4-6,9-10,14-16,19-20,22H,7-8,11-13H2,1-3H3,(H,30,37)(H,31,40)(H,32,39)(H,34,38)/t19-,20+,22+/m0/s1. The average molecular weight is 600 g/mol. The van der Waals surface area contributed by atoms with Crippen molar-refractivity contribution in [2.45, 2.75) is 57.7 Å². The summed E-state index contributed by atoms with van der Waals surface area (Å²) in [6.07, 6.45) is 3.26. The number of carbonyl (C=O) groups is 4. The molecule has 0 aliphatic carbocycles. The zero-order valence-corrected chi connectivity index (χ0v) is 24.7. The zero-order chi connectivity index (χ0) is 29.5. The summed E-state index contributed by atoms with van der Waals surface area (Å²) in [6.45, 7) is 4.21. The molecule has 4 rings (SSSR count). The van der Waals surface area contributed by atoms with Crippen molar-refractivity contribution < 1.29 is 19.2 Å². The molecular formula is C28H34ClN7O4S. The van der Waals surface area contributed by atoms with E-state index in [4.69, 9.17) is 11.6 Å². The quantitative estimate of drug-likeness (QED) is 0.355. The maximum absolute atomic E-state index is 13.5. The van der Waals surface area contributed by atoms with Crippen LogP contribution in [0.2, 0.25) is 5.02 Å². The normalized spacial score (nSPS) is 20.7. The Morgan fingerprint density at radius 1 is 1.15 bits per heavy atom. The topological polar surface area (TPSA) is 147 Å². The number of rotatable bonds is 5. The Kier molecular flexibility index (Phi) is 10.1. The van der Waals surface area contributed by atoms with Gasteiger partial charge >= 0.3 is 0 Å². The van der Waals surface area contributed by atoms with E-state index in [-0.39, 0.29) is 34.1 Å². The van der Waals surface area contributed by atoms with Gasteiger partial charge in [0.15, 0.2) is 5.69 Å². The number of nitrogens with one attached hydrogen (secondary N) is 4. The van der Waals surface area contributed by atoms with E-state index in [1.807, 2.05) is 44.2 Å². The summed E-state index contributed by atoms with van der Waals surface area (Å²) in [7, 11) is 1.65. The van der Waals surface area contributed by atoms with Crippen LogP contribution in [0.25, 0.3) is 0 Å². The van der Waals surface area contributed by atoms with E-state index in [0.717, 1.165) is 5.56 Å². The van der Waals surface area contributed by atoms with Gasteiger partial charge in [0.25, 0.3) is 11.8 Å². The Morgan fingerprint density at radius 3 is 2.59 bits per heavy atom. The van der Waals surface area contributed by atoms with Gasteiger partial charge in [0.05, 0.1) is 11.1 Å². The first-order chi connectivity index (χ1) is 19.6. The molecule has 11 nitrogen and oxygen atoms in total. The fourth-order valence-corrected chi connectivity index (χ4v) is 5.80. The Morgan fingerprint density at radius 2 is 1.90 bits per heavy atom. The third-order valence-electron chi connectivity index (χ3n) is 6.73. The molecule has 0 saturated heterocycles. The van der Waals surface area contributed by atoms with Gasteiger partial charge in [-0.05, 0) is 30.7 Å². The molecular weight excluding hydrogens is 566 g/mol. The molecule has 2 bridgehead atoms. The monoisotopic (exact) mass is 599 g/mol. The molecule has 3 atom stereocenters. The number of aromatic nitrogens is 3. The molecule has 4 N–H and O–H groups in total. The summed E-state index contributed by atoms with van der Waals surface area (Å²) < 4.78 is 1.43. The van der Waals surface area contributed by atoms with Crippen molar-refractivity contribution in [3.63, 3.8) is 0 Å². The summed E-state index contributed by atoms with van der Waals surface area (Å²) in [5.74, 6) is -1.78. The number of fused-ring (bicyclic) bond motifs is 2. The largest absolute Gasteiger partial charge is 0.354 e. The molecule has 41 heavy (non-hydrogen) atoms. The van der Waals surface area contributed by atoms with Crippen molar-refractivity contribution >= 4 is 46.6 Å². The van der Waals surface area contributed by atoms with Crippen LogP contribution in [0.1, 0.15) is 70.7 Å². The van der Waals surface area contributed by atoms with E-state index in [1.165, 1.54) is 22.2 Å². The first-order valence-corrected chi connectivity index (χ1v) is 14.8. The summed E-state index contributed by atoms with van der Waals surface area (Å²) in [4.78, 5) is 57.2. The van der Waals surface area contributed by atoms with Crippen LogP contribution < -0.4 is 21.3 Å². The van der Waals surface area contributed by atoms with Crippen molar-refractivity contribution in [2.75, 3.05) is 6.54 Å². The molecule has 1 aromatic carbocycles. The molecule has 218 valence electrons. The maximum Gasteiger partial charge on any atom is 0.273 e. The minimum Gasteiger partial charge on any atom is -0.354 e. The lowest BCUT2D eigenvalue weighted by Gasteiger charge is -2.25. The van der Waals surface area contributed by atoms with Gasteiger partial charge in [-0.2, -0.15) is 5.10 Å². The molecule has 3 aromatic rings. The third-order valence-corrected chi connectivity index (χ3v) is 7.93. The van der Waals surface area contributed by atoms with Crippen molar-refractivity contribution in [3.8, 4) is 0 Å². The highest BCUT2D eigenvalue weighted by Crippen LogP contribution is 2.26. The molecule has 1 aliphatic rings. The lowest BCUT2D eigenvalue weighted by molar-refractivity contribution is -0.124. The van der Waals surface area contributed by atoms with E-state index < -0.39 is 29.9 Å². The first kappa shape index (κ1) is 30.2. The van der Waals surface area contributed by atoms with Gasteiger partial charge in [0.2, 0.25) is 11.8 Å². The predicted molar refractivity (Wildman–Crippen MR) is 156 cm³/mol. The van der Waals surface area contributed by atoms with Crippen LogP contribution in [0.3, 0.4) is 0 Å². The predicted octanol–water partition coefficient (Wildman–Crippen LogP) is 2.78. The minimum atomic E-state index is -0.876. The Bertz CT molecular complexity index is 1390. The highest BCUT2D eigenvalue weighted by Gasteiger charge is 2.30. The Hall–Kier alpha value is -3.77. The number of thiazole rings is 1. The van der Waals surface area contributed by atoms with Gasteiger partial charge in [-0.25, -0.2) is 4.98 Å². The van der Waals surface area contributed by atoms with E-state index in [2.05, 4.69) is 31.3 Å². The van der Waals surface area contributed by atoms with Crippen molar-refractivity contribution in [3.05, 3.63) is 68.9 Å². The highest BCUT2D eigenvalue weighted by atomic mass is 35.5. The van der Waals surface area contributed by atoms with Crippen LogP contribution in [0.5, 0.6) is 0 Å². The molecule has 0 saturated carbocycles. The van der Waals surface area contributed by atoms with Crippen LogP contribution in [-0.4, -0.2) is 57.0 Å². The number of carbonyl (C=O) groups excluding carboxylic acids is 4. The van der Waals surface area contributed by atoms with Gasteiger partial charge in [-0.3, -0.25) is 23.9 Å². The lowest BCUT2D eigenvalue weighted by atomic mass is 10.0. The molecule has 0 unspecified atom stereocenters. The van der Waals surface area contributed by atoms with Gasteiger partial charge in [0, 0.05) is 31.6 Å². The number of halogens is 1. The number of nitrogens with zero attached hydrogens (tertiary/aromatic N) is 3. The van der Waals surface area contributed by atoms with Crippen molar-refractivity contribution in [2.24, 2.45) is 13.0 Å². The molecule has 2 aromatic heterocycles. The molecule has 4 amide bonds. The number of hydrogen-bond acceptors (Lipinski definition) is 7. The second-order valence-electron chi connectivity index (χ2n) is 10.3. The molecule has 0 fully saturated rings. The number of hydrogen-bond donors (Lipinski definition) is 4. The maximum atomic E-state index is 13.5. The van der Waals surface area contributed by atoms with Crippen LogP contribution in [0, 0.1) is 5.92 Å². The number of amides is 4. The second kappa shape index (κ2) is 13.7.